The highest BCUT2D eigenvalue weighted by atomic mass is 127. The van der Waals surface area contributed by atoms with Crippen LogP contribution in [0.2, 0.25) is 0 Å². The lowest BCUT2D eigenvalue weighted by Crippen LogP contribution is -2.38. The Balaban J connectivity index is 0.00000225. The maximum atomic E-state index is 4.18. The van der Waals surface area contributed by atoms with Crippen molar-refractivity contribution in [1.29, 1.82) is 0 Å². The van der Waals surface area contributed by atoms with Gasteiger partial charge in [0.05, 0.1) is 0 Å². The SMILES string of the molecule is CN=C(NCC(C)c1cccs1)N(C)C.I. The monoisotopic (exact) mass is 353 g/mol. The number of aliphatic imine (C=N–C) groups is 1. The Morgan fingerprint density at radius 3 is 2.69 bits per heavy atom. The van der Waals surface area contributed by atoms with Gasteiger partial charge in [-0.15, -0.1) is 35.3 Å². The summed E-state index contributed by atoms with van der Waals surface area (Å²) in [5.41, 5.74) is 0. The maximum Gasteiger partial charge on any atom is 0.193 e. The lowest BCUT2D eigenvalue weighted by Gasteiger charge is -2.19. The molecule has 1 rings (SSSR count). The third-order valence-electron chi connectivity index (χ3n) is 2.23. The normalized spacial score (nSPS) is 12.9. The molecule has 0 aliphatic rings. The van der Waals surface area contributed by atoms with Crippen molar-refractivity contribution in [3.63, 3.8) is 0 Å². The van der Waals surface area contributed by atoms with Crippen molar-refractivity contribution in [2.24, 2.45) is 4.99 Å². The highest BCUT2D eigenvalue weighted by molar-refractivity contribution is 14.0. The second-order valence-corrected chi connectivity index (χ2v) is 4.72. The minimum Gasteiger partial charge on any atom is -0.356 e. The first-order valence-corrected chi connectivity index (χ1v) is 5.94. The van der Waals surface area contributed by atoms with Gasteiger partial charge in [0.2, 0.25) is 0 Å². The third kappa shape index (κ3) is 4.69. The summed E-state index contributed by atoms with van der Waals surface area (Å²) < 4.78 is 0. The number of hydrogen-bond acceptors (Lipinski definition) is 2. The fraction of sp³-hybridized carbons (Fsp3) is 0.545. The van der Waals surface area contributed by atoms with Crippen LogP contribution in [0.3, 0.4) is 0 Å². The summed E-state index contributed by atoms with van der Waals surface area (Å²) in [5.74, 6) is 1.46. The van der Waals surface area contributed by atoms with E-state index in [1.165, 1.54) is 4.88 Å². The van der Waals surface area contributed by atoms with Crippen molar-refractivity contribution >= 4 is 41.3 Å². The second kappa shape index (κ2) is 7.89. The van der Waals surface area contributed by atoms with Crippen LogP contribution >= 0.6 is 35.3 Å². The molecule has 0 fully saturated rings. The predicted octanol–water partition coefficient (Wildman–Crippen LogP) is 2.61. The molecule has 5 heteroatoms. The van der Waals surface area contributed by atoms with Gasteiger partial charge < -0.3 is 10.2 Å². The molecule has 1 N–H and O–H groups in total. The van der Waals surface area contributed by atoms with E-state index < -0.39 is 0 Å². The Hall–Kier alpha value is -0.300. The first-order chi connectivity index (χ1) is 7.15. The molecule has 1 heterocycles. The smallest absolute Gasteiger partial charge is 0.193 e. The second-order valence-electron chi connectivity index (χ2n) is 3.74. The van der Waals surface area contributed by atoms with Crippen LogP contribution in [0.4, 0.5) is 0 Å². The number of rotatable bonds is 3. The largest absolute Gasteiger partial charge is 0.356 e. The van der Waals surface area contributed by atoms with Gasteiger partial charge in [-0.1, -0.05) is 13.0 Å². The van der Waals surface area contributed by atoms with Crippen molar-refractivity contribution in [2.75, 3.05) is 27.7 Å². The molecule has 1 aromatic rings. The molecule has 0 saturated heterocycles. The van der Waals surface area contributed by atoms with E-state index >= 15 is 0 Å². The number of thiophene rings is 1. The average Bonchev–Trinajstić information content (AvgIpc) is 2.70. The molecule has 1 unspecified atom stereocenters. The third-order valence-corrected chi connectivity index (χ3v) is 3.33. The van der Waals surface area contributed by atoms with Crippen LogP contribution in [0, 0.1) is 0 Å². The van der Waals surface area contributed by atoms with Gasteiger partial charge in [-0.2, -0.15) is 0 Å². The van der Waals surface area contributed by atoms with E-state index in [-0.39, 0.29) is 24.0 Å². The van der Waals surface area contributed by atoms with Gasteiger partial charge in [0, 0.05) is 38.5 Å². The fourth-order valence-corrected chi connectivity index (χ4v) is 2.14. The molecule has 0 aliphatic carbocycles. The van der Waals surface area contributed by atoms with Crippen molar-refractivity contribution in [3.05, 3.63) is 22.4 Å². The van der Waals surface area contributed by atoms with E-state index in [4.69, 9.17) is 0 Å². The van der Waals surface area contributed by atoms with Crippen molar-refractivity contribution in [3.8, 4) is 0 Å². The lowest BCUT2D eigenvalue weighted by atomic mass is 10.1. The molecule has 0 spiro atoms. The highest BCUT2D eigenvalue weighted by Crippen LogP contribution is 2.19. The number of guanidine groups is 1. The van der Waals surface area contributed by atoms with Crippen molar-refractivity contribution in [1.82, 2.24) is 10.2 Å². The zero-order chi connectivity index (χ0) is 11.3. The summed E-state index contributed by atoms with van der Waals surface area (Å²) in [7, 11) is 5.79. The first kappa shape index (κ1) is 15.7. The molecule has 1 atom stereocenters. The van der Waals surface area contributed by atoms with Crippen LogP contribution in [0.25, 0.3) is 0 Å². The Kier molecular flexibility index (Phi) is 7.74. The quantitative estimate of drug-likeness (QED) is 0.514. The van der Waals surface area contributed by atoms with Crippen LogP contribution in [-0.4, -0.2) is 38.5 Å². The summed E-state index contributed by atoms with van der Waals surface area (Å²) in [6, 6.07) is 4.27. The Morgan fingerprint density at radius 1 is 1.56 bits per heavy atom. The molecular weight excluding hydrogens is 333 g/mol. The average molecular weight is 353 g/mol. The van der Waals surface area contributed by atoms with Crippen LogP contribution in [-0.2, 0) is 0 Å². The van der Waals surface area contributed by atoms with Gasteiger partial charge in [-0.05, 0) is 11.4 Å². The highest BCUT2D eigenvalue weighted by Gasteiger charge is 2.07. The van der Waals surface area contributed by atoms with E-state index in [9.17, 15) is 0 Å². The maximum absolute atomic E-state index is 4.18. The van der Waals surface area contributed by atoms with Crippen LogP contribution in [0.1, 0.15) is 17.7 Å². The lowest BCUT2D eigenvalue weighted by molar-refractivity contribution is 0.572. The van der Waals surface area contributed by atoms with Crippen LogP contribution < -0.4 is 5.32 Å². The van der Waals surface area contributed by atoms with Gasteiger partial charge in [-0.25, -0.2) is 0 Å². The van der Waals surface area contributed by atoms with E-state index in [0.29, 0.717) is 5.92 Å². The summed E-state index contributed by atoms with van der Waals surface area (Å²) in [6.07, 6.45) is 0. The van der Waals surface area contributed by atoms with Gasteiger partial charge in [0.1, 0.15) is 0 Å². The van der Waals surface area contributed by atoms with Crippen LogP contribution in [0.5, 0.6) is 0 Å². The zero-order valence-corrected chi connectivity index (χ0v) is 13.4. The first-order valence-electron chi connectivity index (χ1n) is 5.06. The summed E-state index contributed by atoms with van der Waals surface area (Å²) in [4.78, 5) is 7.58. The molecule has 92 valence electrons. The molecule has 0 bridgehead atoms. The number of hydrogen-bond donors (Lipinski definition) is 1. The number of nitrogens with one attached hydrogen (secondary N) is 1. The summed E-state index contributed by atoms with van der Waals surface area (Å²) in [6.45, 7) is 3.15. The van der Waals surface area contributed by atoms with Crippen molar-refractivity contribution < 1.29 is 0 Å². The Bertz CT molecular complexity index is 309. The van der Waals surface area contributed by atoms with E-state index in [0.717, 1.165) is 12.5 Å². The Labute approximate surface area is 119 Å². The molecule has 1 aromatic heterocycles. The summed E-state index contributed by atoms with van der Waals surface area (Å²) in [5, 5.41) is 5.46. The number of halogens is 1. The van der Waals surface area contributed by atoms with Crippen LogP contribution in [0.15, 0.2) is 22.5 Å². The minimum atomic E-state index is 0. The molecule has 0 aromatic carbocycles. The van der Waals surface area contributed by atoms with E-state index in [1.807, 2.05) is 19.0 Å². The molecular formula is C11H20IN3S. The Morgan fingerprint density at radius 2 is 2.25 bits per heavy atom. The molecule has 0 radical (unpaired) electrons. The van der Waals surface area contributed by atoms with Gasteiger partial charge >= 0.3 is 0 Å². The molecule has 3 nitrogen and oxygen atoms in total. The van der Waals surface area contributed by atoms with Gasteiger partial charge in [0.15, 0.2) is 5.96 Å². The molecule has 0 saturated carbocycles. The zero-order valence-electron chi connectivity index (χ0n) is 10.2. The van der Waals surface area contributed by atoms with Gasteiger partial charge in [-0.3, -0.25) is 4.99 Å². The van der Waals surface area contributed by atoms with Crippen molar-refractivity contribution in [2.45, 2.75) is 12.8 Å². The number of nitrogens with zero attached hydrogens (tertiary/aromatic N) is 2. The topological polar surface area (TPSA) is 27.6 Å². The molecule has 0 aliphatic heterocycles. The summed E-state index contributed by atoms with van der Waals surface area (Å²) >= 11 is 1.81. The minimum absolute atomic E-state index is 0. The molecule has 16 heavy (non-hydrogen) atoms. The molecule has 0 amide bonds. The van der Waals surface area contributed by atoms with E-state index in [1.54, 1.807) is 18.4 Å². The predicted molar refractivity (Wildman–Crippen MR) is 83.2 cm³/mol. The van der Waals surface area contributed by atoms with Gasteiger partial charge in [0.25, 0.3) is 0 Å². The standard InChI is InChI=1S/C11H19N3S.HI/c1-9(10-6-5-7-15-10)8-13-11(12-2)14(3)4;/h5-7,9H,8H2,1-4H3,(H,12,13);1H. The van der Waals surface area contributed by atoms with E-state index in [2.05, 4.69) is 34.7 Å². The fourth-order valence-electron chi connectivity index (χ4n) is 1.35.